The summed E-state index contributed by atoms with van der Waals surface area (Å²) in [6.45, 7) is 3.94. The van der Waals surface area contributed by atoms with Crippen LogP contribution in [0.2, 0.25) is 10.0 Å². The molecule has 0 aromatic heterocycles. The molecule has 39 heavy (non-hydrogen) atoms. The van der Waals surface area contributed by atoms with Gasteiger partial charge in [-0.3, -0.25) is 13.9 Å². The average molecular weight is 591 g/mol. The van der Waals surface area contributed by atoms with Gasteiger partial charge in [-0.15, -0.1) is 0 Å². The summed E-state index contributed by atoms with van der Waals surface area (Å²) in [6, 6.07) is 20.5. The Morgan fingerprint density at radius 3 is 2.23 bits per heavy atom. The van der Waals surface area contributed by atoms with Crippen LogP contribution >= 0.6 is 23.2 Å². The SMILES string of the molecule is CCCNC(=O)[C@@H](Cc1ccccc1)N(Cc1ccccc1C)C(=O)CN(c1ccc(Cl)c(Cl)c1)S(C)(=O)=O. The molecule has 0 saturated heterocycles. The van der Waals surface area contributed by atoms with Crippen molar-refractivity contribution in [3.63, 3.8) is 0 Å². The van der Waals surface area contributed by atoms with E-state index in [9.17, 15) is 18.0 Å². The van der Waals surface area contributed by atoms with E-state index in [4.69, 9.17) is 23.2 Å². The zero-order chi connectivity index (χ0) is 28.6. The fourth-order valence-corrected chi connectivity index (χ4v) is 5.28. The van der Waals surface area contributed by atoms with E-state index in [0.29, 0.717) is 6.54 Å². The smallest absolute Gasteiger partial charge is 0.244 e. The normalized spacial score (nSPS) is 12.0. The molecule has 0 aliphatic carbocycles. The van der Waals surface area contributed by atoms with Crippen LogP contribution in [0, 0.1) is 6.92 Å². The average Bonchev–Trinajstić information content (AvgIpc) is 2.90. The molecule has 2 amide bonds. The van der Waals surface area contributed by atoms with E-state index in [0.717, 1.165) is 33.7 Å². The van der Waals surface area contributed by atoms with Crippen molar-refractivity contribution in [1.29, 1.82) is 0 Å². The first-order chi connectivity index (χ1) is 18.5. The summed E-state index contributed by atoms with van der Waals surface area (Å²) in [5.74, 6) is -0.828. The highest BCUT2D eigenvalue weighted by Crippen LogP contribution is 2.29. The van der Waals surface area contributed by atoms with Crippen molar-refractivity contribution in [3.05, 3.63) is 99.5 Å². The first-order valence-electron chi connectivity index (χ1n) is 12.6. The van der Waals surface area contributed by atoms with E-state index in [-0.39, 0.29) is 34.6 Å². The van der Waals surface area contributed by atoms with Crippen LogP contribution in [0.5, 0.6) is 0 Å². The maximum atomic E-state index is 14.0. The number of halogens is 2. The van der Waals surface area contributed by atoms with Crippen LogP contribution in [0.1, 0.15) is 30.0 Å². The number of nitrogens with one attached hydrogen (secondary N) is 1. The van der Waals surface area contributed by atoms with Crippen LogP contribution < -0.4 is 9.62 Å². The van der Waals surface area contributed by atoms with Crippen molar-refractivity contribution in [2.75, 3.05) is 23.7 Å². The molecule has 0 saturated carbocycles. The molecule has 3 aromatic rings. The molecule has 1 atom stereocenters. The molecule has 208 valence electrons. The molecule has 0 spiro atoms. The third kappa shape index (κ3) is 8.46. The Hall–Kier alpha value is -3.07. The van der Waals surface area contributed by atoms with E-state index in [1.165, 1.54) is 23.1 Å². The number of nitrogens with zero attached hydrogens (tertiary/aromatic N) is 2. The van der Waals surface area contributed by atoms with E-state index in [1.807, 2.05) is 68.4 Å². The minimum Gasteiger partial charge on any atom is -0.354 e. The number of sulfonamides is 1. The second kappa shape index (κ2) is 13.8. The maximum absolute atomic E-state index is 14.0. The Balaban J connectivity index is 2.06. The summed E-state index contributed by atoms with van der Waals surface area (Å²) in [5.41, 5.74) is 2.88. The van der Waals surface area contributed by atoms with Gasteiger partial charge in [0.15, 0.2) is 0 Å². The lowest BCUT2D eigenvalue weighted by Gasteiger charge is -2.34. The minimum atomic E-state index is -3.89. The van der Waals surface area contributed by atoms with Crippen molar-refractivity contribution in [1.82, 2.24) is 10.2 Å². The molecule has 10 heteroatoms. The van der Waals surface area contributed by atoms with Gasteiger partial charge in [-0.1, -0.05) is 84.7 Å². The summed E-state index contributed by atoms with van der Waals surface area (Å²) in [4.78, 5) is 29.0. The van der Waals surface area contributed by atoms with Gasteiger partial charge in [0, 0.05) is 19.5 Å². The summed E-state index contributed by atoms with van der Waals surface area (Å²) >= 11 is 12.2. The van der Waals surface area contributed by atoms with Gasteiger partial charge in [0.2, 0.25) is 21.8 Å². The molecule has 3 aromatic carbocycles. The Labute approximate surface area is 240 Å². The molecular formula is C29H33Cl2N3O4S. The molecule has 1 N–H and O–H groups in total. The molecule has 7 nitrogen and oxygen atoms in total. The van der Waals surface area contributed by atoms with E-state index in [2.05, 4.69) is 5.32 Å². The van der Waals surface area contributed by atoms with E-state index < -0.39 is 28.5 Å². The minimum absolute atomic E-state index is 0.127. The number of aryl methyl sites for hydroxylation is 1. The topological polar surface area (TPSA) is 86.8 Å². The summed E-state index contributed by atoms with van der Waals surface area (Å²) < 4.78 is 26.6. The molecule has 0 fully saturated rings. The number of benzene rings is 3. The lowest BCUT2D eigenvalue weighted by atomic mass is 10.0. The van der Waals surface area contributed by atoms with Crippen LogP contribution in [-0.2, 0) is 32.6 Å². The molecule has 0 aliphatic heterocycles. The molecular weight excluding hydrogens is 557 g/mol. The van der Waals surface area contributed by atoms with Gasteiger partial charge in [0.25, 0.3) is 0 Å². The number of anilines is 1. The highest BCUT2D eigenvalue weighted by atomic mass is 35.5. The van der Waals surface area contributed by atoms with Gasteiger partial charge in [-0.25, -0.2) is 8.42 Å². The highest BCUT2D eigenvalue weighted by molar-refractivity contribution is 7.92. The van der Waals surface area contributed by atoms with E-state index >= 15 is 0 Å². The van der Waals surface area contributed by atoms with Crippen molar-refractivity contribution >= 4 is 50.7 Å². The number of carbonyl (C=O) groups excluding carboxylic acids is 2. The third-order valence-corrected chi connectivity index (χ3v) is 8.17. The largest absolute Gasteiger partial charge is 0.354 e. The number of hydrogen-bond acceptors (Lipinski definition) is 4. The first-order valence-corrected chi connectivity index (χ1v) is 15.2. The first kappa shape index (κ1) is 30.5. The summed E-state index contributed by atoms with van der Waals surface area (Å²) in [6.07, 6.45) is 2.01. The van der Waals surface area contributed by atoms with Gasteiger partial charge in [-0.2, -0.15) is 0 Å². The van der Waals surface area contributed by atoms with Crippen molar-refractivity contribution in [2.24, 2.45) is 0 Å². The van der Waals surface area contributed by atoms with Gasteiger partial charge in [0.05, 0.1) is 22.0 Å². The van der Waals surface area contributed by atoms with Crippen molar-refractivity contribution in [2.45, 2.75) is 39.3 Å². The monoisotopic (exact) mass is 589 g/mol. The lowest BCUT2D eigenvalue weighted by Crippen LogP contribution is -2.53. The molecule has 3 rings (SSSR count). The molecule has 0 radical (unpaired) electrons. The molecule has 0 heterocycles. The van der Waals surface area contributed by atoms with Gasteiger partial charge in [-0.05, 0) is 48.2 Å². The summed E-state index contributed by atoms with van der Waals surface area (Å²) in [5, 5.41) is 3.34. The maximum Gasteiger partial charge on any atom is 0.244 e. The van der Waals surface area contributed by atoms with E-state index in [1.54, 1.807) is 0 Å². The molecule has 0 aliphatic rings. The van der Waals surface area contributed by atoms with Crippen LogP contribution in [-0.4, -0.2) is 50.5 Å². The van der Waals surface area contributed by atoms with Crippen LogP contribution in [0.25, 0.3) is 0 Å². The van der Waals surface area contributed by atoms with Gasteiger partial charge >= 0.3 is 0 Å². The Kier molecular flexibility index (Phi) is 10.8. The predicted molar refractivity (Wildman–Crippen MR) is 158 cm³/mol. The molecule has 0 bridgehead atoms. The Bertz CT molecular complexity index is 1400. The number of rotatable bonds is 12. The lowest BCUT2D eigenvalue weighted by molar-refractivity contribution is -0.140. The van der Waals surface area contributed by atoms with Crippen LogP contribution in [0.4, 0.5) is 5.69 Å². The van der Waals surface area contributed by atoms with Crippen LogP contribution in [0.3, 0.4) is 0 Å². The standard InChI is InChI=1S/C29H33Cl2N3O4S/c1-4-16-32-29(36)27(17-22-11-6-5-7-12-22)33(19-23-13-9-8-10-21(23)2)28(35)20-34(39(3,37)38)24-14-15-25(30)26(31)18-24/h5-15,18,27H,4,16-17,19-20H2,1-3H3,(H,32,36)/t27-/m1/s1. The quantitative estimate of drug-likeness (QED) is 0.313. The van der Waals surface area contributed by atoms with Gasteiger partial charge < -0.3 is 10.2 Å². The summed E-state index contributed by atoms with van der Waals surface area (Å²) in [7, 11) is -3.89. The third-order valence-electron chi connectivity index (χ3n) is 6.29. The van der Waals surface area contributed by atoms with Crippen molar-refractivity contribution in [3.8, 4) is 0 Å². The number of hydrogen-bond donors (Lipinski definition) is 1. The second-order valence-corrected chi connectivity index (χ2v) is 12.0. The Morgan fingerprint density at radius 2 is 1.62 bits per heavy atom. The second-order valence-electron chi connectivity index (χ2n) is 9.31. The Morgan fingerprint density at radius 1 is 0.949 bits per heavy atom. The zero-order valence-electron chi connectivity index (χ0n) is 22.2. The number of carbonyl (C=O) groups is 2. The predicted octanol–water partition coefficient (Wildman–Crippen LogP) is 5.23. The zero-order valence-corrected chi connectivity index (χ0v) is 24.6. The fraction of sp³-hybridized carbons (Fsp3) is 0.310. The van der Waals surface area contributed by atoms with Crippen molar-refractivity contribution < 1.29 is 18.0 Å². The van der Waals surface area contributed by atoms with Crippen LogP contribution in [0.15, 0.2) is 72.8 Å². The number of amides is 2. The highest BCUT2D eigenvalue weighted by Gasteiger charge is 2.33. The van der Waals surface area contributed by atoms with Gasteiger partial charge in [0.1, 0.15) is 12.6 Å². The molecule has 0 unspecified atom stereocenters. The fourth-order valence-electron chi connectivity index (χ4n) is 4.14.